The van der Waals surface area contributed by atoms with E-state index in [-0.39, 0.29) is 17.7 Å². The molecule has 5 nitrogen and oxygen atoms in total. The van der Waals surface area contributed by atoms with Crippen molar-refractivity contribution in [1.82, 2.24) is 0 Å². The number of benzene rings is 1. The van der Waals surface area contributed by atoms with Crippen LogP contribution in [0.2, 0.25) is 0 Å². The van der Waals surface area contributed by atoms with Crippen molar-refractivity contribution in [2.24, 2.45) is 0 Å². The molecule has 0 fully saturated rings. The van der Waals surface area contributed by atoms with Gasteiger partial charge < -0.3 is 13.9 Å². The van der Waals surface area contributed by atoms with Gasteiger partial charge in [0.05, 0.1) is 0 Å². The van der Waals surface area contributed by atoms with Crippen LogP contribution in [0.15, 0.2) is 62.8 Å². The Morgan fingerprint density at radius 3 is 2.79 bits per heavy atom. The second-order valence-electron chi connectivity index (χ2n) is 5.81. The zero-order valence-corrected chi connectivity index (χ0v) is 13.6. The van der Waals surface area contributed by atoms with Crippen LogP contribution in [0.25, 0.3) is 11.0 Å². The van der Waals surface area contributed by atoms with Crippen molar-refractivity contribution in [3.05, 3.63) is 64.1 Å². The first-order valence-corrected chi connectivity index (χ1v) is 7.73. The van der Waals surface area contributed by atoms with Gasteiger partial charge in [0.25, 0.3) is 0 Å². The lowest BCUT2D eigenvalue weighted by Crippen LogP contribution is -2.08. The van der Waals surface area contributed by atoms with Gasteiger partial charge in [-0.15, -0.1) is 0 Å². The molecule has 2 heterocycles. The van der Waals surface area contributed by atoms with E-state index in [0.29, 0.717) is 29.9 Å². The van der Waals surface area contributed by atoms with Gasteiger partial charge in [0.1, 0.15) is 24.0 Å². The Hall–Kier alpha value is -2.82. The van der Waals surface area contributed by atoms with Crippen LogP contribution in [-0.2, 0) is 9.53 Å². The molecule has 0 unspecified atom stereocenters. The van der Waals surface area contributed by atoms with Gasteiger partial charge in [-0.3, -0.25) is 0 Å². The van der Waals surface area contributed by atoms with Crippen molar-refractivity contribution in [1.29, 1.82) is 0 Å². The minimum Gasteiger partial charge on any atom is -0.489 e. The van der Waals surface area contributed by atoms with Gasteiger partial charge in [-0.05, 0) is 44.2 Å². The summed E-state index contributed by atoms with van der Waals surface area (Å²) in [5.74, 6) is 0.380. The van der Waals surface area contributed by atoms with Crippen LogP contribution in [0.3, 0.4) is 0 Å². The molecule has 0 spiro atoms. The lowest BCUT2D eigenvalue weighted by molar-refractivity contribution is -0.139. The molecule has 3 rings (SSSR count). The molecule has 0 radical (unpaired) electrons. The molecular formula is C19H18O5. The number of fused-ring (bicyclic) bond motifs is 1. The average Bonchev–Trinajstić information content (AvgIpc) is 2.84. The minimum absolute atomic E-state index is 0.191. The molecule has 1 aliphatic heterocycles. The SMILES string of the molecule is CC(=CCOc1ccc2ccc(=O)oc2c1)C[C@H]1C=C(C)C(=O)O1. The number of cyclic esters (lactones) is 1. The summed E-state index contributed by atoms with van der Waals surface area (Å²) in [6, 6.07) is 8.48. The largest absolute Gasteiger partial charge is 0.489 e. The Bertz CT molecular complexity index is 888. The Morgan fingerprint density at radius 1 is 1.25 bits per heavy atom. The van der Waals surface area contributed by atoms with E-state index in [2.05, 4.69) is 0 Å². The monoisotopic (exact) mass is 326 g/mol. The fourth-order valence-electron chi connectivity index (χ4n) is 2.52. The molecule has 1 aromatic heterocycles. The third-order valence-electron chi connectivity index (χ3n) is 3.82. The third kappa shape index (κ3) is 3.74. The Labute approximate surface area is 139 Å². The lowest BCUT2D eigenvalue weighted by atomic mass is 10.1. The summed E-state index contributed by atoms with van der Waals surface area (Å²) in [5.41, 5.74) is 1.84. The van der Waals surface area contributed by atoms with E-state index in [1.165, 1.54) is 6.07 Å². The maximum Gasteiger partial charge on any atom is 0.336 e. The van der Waals surface area contributed by atoms with Gasteiger partial charge in [-0.1, -0.05) is 5.57 Å². The molecule has 0 N–H and O–H groups in total. The second-order valence-corrected chi connectivity index (χ2v) is 5.81. The lowest BCUT2D eigenvalue weighted by Gasteiger charge is -2.09. The van der Waals surface area contributed by atoms with Crippen LogP contribution in [0.4, 0.5) is 0 Å². The summed E-state index contributed by atoms with van der Waals surface area (Å²) in [6.45, 7) is 4.11. The highest BCUT2D eigenvalue weighted by atomic mass is 16.5. The van der Waals surface area contributed by atoms with Crippen molar-refractivity contribution in [3.63, 3.8) is 0 Å². The predicted octanol–water partition coefficient (Wildman–Crippen LogP) is 3.38. The van der Waals surface area contributed by atoms with Gasteiger partial charge in [-0.25, -0.2) is 9.59 Å². The van der Waals surface area contributed by atoms with Gasteiger partial charge >= 0.3 is 11.6 Å². The molecular weight excluding hydrogens is 308 g/mol. The van der Waals surface area contributed by atoms with Crippen molar-refractivity contribution in [3.8, 4) is 5.75 Å². The molecule has 0 aliphatic carbocycles. The number of hydrogen-bond acceptors (Lipinski definition) is 5. The van der Waals surface area contributed by atoms with Crippen LogP contribution in [0.1, 0.15) is 20.3 Å². The summed E-state index contributed by atoms with van der Waals surface area (Å²) in [6.07, 6.45) is 4.25. The average molecular weight is 326 g/mol. The predicted molar refractivity (Wildman–Crippen MR) is 90.0 cm³/mol. The second kappa shape index (κ2) is 6.74. The summed E-state index contributed by atoms with van der Waals surface area (Å²) in [4.78, 5) is 22.6. The van der Waals surface area contributed by atoms with Crippen LogP contribution >= 0.6 is 0 Å². The number of carbonyl (C=O) groups excluding carboxylic acids is 1. The van der Waals surface area contributed by atoms with Crippen LogP contribution < -0.4 is 10.4 Å². The smallest absolute Gasteiger partial charge is 0.336 e. The molecule has 1 atom stereocenters. The van der Waals surface area contributed by atoms with Crippen LogP contribution in [-0.4, -0.2) is 18.7 Å². The van der Waals surface area contributed by atoms with Crippen molar-refractivity contribution in [2.75, 3.05) is 6.61 Å². The maximum absolute atomic E-state index is 11.3. The highest BCUT2D eigenvalue weighted by Gasteiger charge is 2.21. The van der Waals surface area contributed by atoms with E-state index in [4.69, 9.17) is 13.9 Å². The van der Waals surface area contributed by atoms with E-state index in [0.717, 1.165) is 11.0 Å². The Morgan fingerprint density at radius 2 is 2.04 bits per heavy atom. The summed E-state index contributed by atoms with van der Waals surface area (Å²) in [7, 11) is 0. The summed E-state index contributed by atoms with van der Waals surface area (Å²) in [5, 5.41) is 0.846. The first-order chi connectivity index (χ1) is 11.5. The van der Waals surface area contributed by atoms with Gasteiger partial charge in [0, 0.05) is 29.5 Å². The molecule has 24 heavy (non-hydrogen) atoms. The fraction of sp³-hybridized carbons (Fsp3) is 0.263. The van der Waals surface area contributed by atoms with Crippen molar-refractivity contribution >= 4 is 16.9 Å². The highest BCUT2D eigenvalue weighted by Crippen LogP contribution is 2.21. The van der Waals surface area contributed by atoms with Crippen molar-refractivity contribution < 1.29 is 18.7 Å². The van der Waals surface area contributed by atoms with E-state index in [1.54, 1.807) is 19.1 Å². The summed E-state index contributed by atoms with van der Waals surface area (Å²) < 4.78 is 16.0. The zero-order valence-electron chi connectivity index (χ0n) is 13.6. The van der Waals surface area contributed by atoms with Gasteiger partial charge in [0.2, 0.25) is 0 Å². The quantitative estimate of drug-likeness (QED) is 0.479. The van der Waals surface area contributed by atoms with E-state index in [9.17, 15) is 9.59 Å². The van der Waals surface area contributed by atoms with E-state index in [1.807, 2.05) is 31.2 Å². The van der Waals surface area contributed by atoms with E-state index >= 15 is 0 Å². The summed E-state index contributed by atoms with van der Waals surface area (Å²) >= 11 is 0. The number of rotatable bonds is 5. The molecule has 1 aromatic carbocycles. The first kappa shape index (κ1) is 16.1. The third-order valence-corrected chi connectivity index (χ3v) is 3.82. The molecule has 0 amide bonds. The molecule has 0 saturated carbocycles. The molecule has 0 saturated heterocycles. The number of hydrogen-bond donors (Lipinski definition) is 0. The topological polar surface area (TPSA) is 65.7 Å². The van der Waals surface area contributed by atoms with Gasteiger partial charge in [-0.2, -0.15) is 0 Å². The Balaban J connectivity index is 1.59. The standard InChI is InChI=1S/C19H18O5/c1-12(9-16-10-13(2)19(21)23-16)7-8-22-15-5-3-14-4-6-18(20)24-17(14)11-15/h3-7,10-11,16H,8-9H2,1-2H3/t16-/m0/s1. The van der Waals surface area contributed by atoms with Gasteiger partial charge in [0.15, 0.2) is 0 Å². The number of ether oxygens (including phenoxy) is 2. The number of carbonyl (C=O) groups is 1. The fourth-order valence-corrected chi connectivity index (χ4v) is 2.52. The highest BCUT2D eigenvalue weighted by molar-refractivity contribution is 5.90. The first-order valence-electron chi connectivity index (χ1n) is 7.73. The molecule has 0 bridgehead atoms. The molecule has 1 aliphatic rings. The van der Waals surface area contributed by atoms with E-state index < -0.39 is 0 Å². The van der Waals surface area contributed by atoms with Crippen LogP contribution in [0, 0.1) is 0 Å². The molecule has 2 aromatic rings. The van der Waals surface area contributed by atoms with Crippen molar-refractivity contribution in [2.45, 2.75) is 26.4 Å². The molecule has 5 heteroatoms. The maximum atomic E-state index is 11.3. The minimum atomic E-state index is -0.384. The number of esters is 1. The zero-order chi connectivity index (χ0) is 17.1. The normalized spacial score (nSPS) is 17.8. The van der Waals surface area contributed by atoms with Crippen LogP contribution in [0.5, 0.6) is 5.75 Å². The Kier molecular flexibility index (Phi) is 4.51. The molecule has 124 valence electrons.